The van der Waals surface area contributed by atoms with Crippen LogP contribution in [0.25, 0.3) is 0 Å². The topological polar surface area (TPSA) is 63.2 Å². The predicted octanol–water partition coefficient (Wildman–Crippen LogP) is 1.69. The largest absolute Gasteiger partial charge is 0.281 e. The van der Waals surface area contributed by atoms with Crippen LogP contribution in [0, 0.1) is 0 Å². The Labute approximate surface area is 112 Å². The molecule has 100 valence electrons. The lowest BCUT2D eigenvalue weighted by molar-refractivity contribution is -0.111. The van der Waals surface area contributed by atoms with Crippen LogP contribution in [0.3, 0.4) is 0 Å². The van der Waals surface area contributed by atoms with Gasteiger partial charge >= 0.3 is 0 Å². The summed E-state index contributed by atoms with van der Waals surface area (Å²) < 4.78 is 25.7. The summed E-state index contributed by atoms with van der Waals surface area (Å²) in [6, 6.07) is 9.42. The third kappa shape index (κ3) is 6.74. The molecule has 0 heterocycles. The standard InChI is InChI=1S/C12H16ClNO3S/c13-12(15)7-4-9-14-18(16,17)10-8-11-5-2-1-3-6-11/h1-3,5-6,14H,4,7-10H2. The molecule has 0 aromatic heterocycles. The molecule has 0 saturated carbocycles. The van der Waals surface area contributed by atoms with Gasteiger partial charge in [-0.25, -0.2) is 13.1 Å². The molecule has 0 spiro atoms. The zero-order chi connectivity index (χ0) is 13.4. The fourth-order valence-corrected chi connectivity index (χ4v) is 2.66. The zero-order valence-electron chi connectivity index (χ0n) is 9.93. The number of benzene rings is 1. The molecule has 6 heteroatoms. The van der Waals surface area contributed by atoms with Gasteiger partial charge in [0.05, 0.1) is 5.75 Å². The van der Waals surface area contributed by atoms with Crippen molar-refractivity contribution in [3.8, 4) is 0 Å². The van der Waals surface area contributed by atoms with Crippen molar-refractivity contribution in [2.24, 2.45) is 0 Å². The van der Waals surface area contributed by atoms with E-state index in [-0.39, 0.29) is 18.7 Å². The first-order chi connectivity index (χ1) is 8.49. The van der Waals surface area contributed by atoms with E-state index in [1.165, 1.54) is 0 Å². The summed E-state index contributed by atoms with van der Waals surface area (Å²) in [6.07, 6.45) is 1.08. The Morgan fingerprint density at radius 2 is 1.89 bits per heavy atom. The predicted molar refractivity (Wildman–Crippen MR) is 72.0 cm³/mol. The van der Waals surface area contributed by atoms with Gasteiger partial charge in [-0.15, -0.1) is 0 Å². The van der Waals surface area contributed by atoms with Gasteiger partial charge < -0.3 is 0 Å². The average molecular weight is 290 g/mol. The van der Waals surface area contributed by atoms with E-state index < -0.39 is 15.3 Å². The van der Waals surface area contributed by atoms with E-state index in [0.29, 0.717) is 12.8 Å². The fourth-order valence-electron chi connectivity index (χ4n) is 1.42. The second kappa shape index (κ2) is 7.51. The molecule has 0 aliphatic heterocycles. The van der Waals surface area contributed by atoms with Crippen LogP contribution in [-0.4, -0.2) is 26.0 Å². The van der Waals surface area contributed by atoms with E-state index in [0.717, 1.165) is 5.56 Å². The van der Waals surface area contributed by atoms with Gasteiger partial charge in [-0.1, -0.05) is 30.3 Å². The van der Waals surface area contributed by atoms with Crippen molar-refractivity contribution in [1.29, 1.82) is 0 Å². The third-order valence-electron chi connectivity index (χ3n) is 2.37. The summed E-state index contributed by atoms with van der Waals surface area (Å²) in [4.78, 5) is 10.5. The van der Waals surface area contributed by atoms with Crippen LogP contribution in [0.2, 0.25) is 0 Å². The molecule has 1 aromatic carbocycles. The molecule has 0 aliphatic carbocycles. The molecule has 0 unspecified atom stereocenters. The lowest BCUT2D eigenvalue weighted by Gasteiger charge is -2.06. The SMILES string of the molecule is O=C(Cl)CCCNS(=O)(=O)CCc1ccccc1. The number of aryl methyl sites for hydroxylation is 1. The van der Waals surface area contributed by atoms with Gasteiger partial charge in [0.1, 0.15) is 0 Å². The Morgan fingerprint density at radius 3 is 2.50 bits per heavy atom. The van der Waals surface area contributed by atoms with Crippen LogP contribution in [0.4, 0.5) is 0 Å². The van der Waals surface area contributed by atoms with Crippen molar-refractivity contribution >= 4 is 26.9 Å². The molecule has 18 heavy (non-hydrogen) atoms. The molecular weight excluding hydrogens is 274 g/mol. The summed E-state index contributed by atoms with van der Waals surface area (Å²) >= 11 is 5.15. The average Bonchev–Trinajstić information content (AvgIpc) is 2.34. The molecule has 0 saturated heterocycles. The number of carbonyl (C=O) groups is 1. The molecule has 4 nitrogen and oxygen atoms in total. The van der Waals surface area contributed by atoms with Gasteiger partial charge in [-0.05, 0) is 30.0 Å². The summed E-state index contributed by atoms with van der Waals surface area (Å²) in [5, 5.41) is -0.446. The number of hydrogen-bond donors (Lipinski definition) is 1. The second-order valence-corrected chi connectivity index (χ2v) is 6.26. The molecule has 0 radical (unpaired) electrons. The maximum absolute atomic E-state index is 11.6. The van der Waals surface area contributed by atoms with Crippen LogP contribution in [0.1, 0.15) is 18.4 Å². The molecule has 0 atom stereocenters. The summed E-state index contributed by atoms with van der Waals surface area (Å²) in [6.45, 7) is 0.246. The van der Waals surface area contributed by atoms with E-state index in [4.69, 9.17) is 11.6 Å². The molecule has 0 aliphatic rings. The van der Waals surface area contributed by atoms with E-state index in [9.17, 15) is 13.2 Å². The molecule has 0 fully saturated rings. The molecule has 1 rings (SSSR count). The minimum Gasteiger partial charge on any atom is -0.281 e. The minimum atomic E-state index is -3.28. The maximum Gasteiger partial charge on any atom is 0.221 e. The third-order valence-corrected chi connectivity index (χ3v) is 3.95. The Morgan fingerprint density at radius 1 is 1.22 bits per heavy atom. The van der Waals surface area contributed by atoms with Crippen LogP contribution < -0.4 is 4.72 Å². The van der Waals surface area contributed by atoms with Crippen LogP contribution in [0.5, 0.6) is 0 Å². The van der Waals surface area contributed by atoms with Crippen LogP contribution in [0.15, 0.2) is 30.3 Å². The highest BCUT2D eigenvalue weighted by Gasteiger charge is 2.09. The highest BCUT2D eigenvalue weighted by Crippen LogP contribution is 2.01. The Bertz CT molecular complexity index is 473. The van der Waals surface area contributed by atoms with Crippen molar-refractivity contribution in [2.75, 3.05) is 12.3 Å². The monoisotopic (exact) mass is 289 g/mol. The van der Waals surface area contributed by atoms with Crippen LogP contribution in [-0.2, 0) is 21.2 Å². The van der Waals surface area contributed by atoms with Crippen molar-refractivity contribution < 1.29 is 13.2 Å². The lowest BCUT2D eigenvalue weighted by Crippen LogP contribution is -2.28. The first-order valence-corrected chi connectivity index (χ1v) is 7.72. The number of rotatable bonds is 8. The van der Waals surface area contributed by atoms with Gasteiger partial charge in [-0.3, -0.25) is 4.79 Å². The van der Waals surface area contributed by atoms with E-state index in [1.54, 1.807) is 0 Å². The van der Waals surface area contributed by atoms with Gasteiger partial charge in [0, 0.05) is 13.0 Å². The molecular formula is C12H16ClNO3S. The second-order valence-electron chi connectivity index (χ2n) is 3.91. The van der Waals surface area contributed by atoms with Gasteiger partial charge in [0.2, 0.25) is 15.3 Å². The Balaban J connectivity index is 2.30. The van der Waals surface area contributed by atoms with Gasteiger partial charge in [0.15, 0.2) is 0 Å². The minimum absolute atomic E-state index is 0.0475. The Kier molecular flexibility index (Phi) is 6.32. The summed E-state index contributed by atoms with van der Waals surface area (Å²) in [7, 11) is -3.28. The number of carbonyl (C=O) groups excluding carboxylic acids is 1. The van der Waals surface area contributed by atoms with Crippen LogP contribution >= 0.6 is 11.6 Å². The molecule has 0 bridgehead atoms. The van der Waals surface area contributed by atoms with E-state index in [2.05, 4.69) is 4.72 Å². The highest BCUT2D eigenvalue weighted by molar-refractivity contribution is 7.89. The maximum atomic E-state index is 11.6. The molecule has 1 N–H and O–H groups in total. The quantitative estimate of drug-likeness (QED) is 0.585. The van der Waals surface area contributed by atoms with E-state index >= 15 is 0 Å². The zero-order valence-corrected chi connectivity index (χ0v) is 11.5. The van der Waals surface area contributed by atoms with Gasteiger partial charge in [0.25, 0.3) is 0 Å². The van der Waals surface area contributed by atoms with Crippen molar-refractivity contribution in [3.05, 3.63) is 35.9 Å². The molecule has 0 amide bonds. The van der Waals surface area contributed by atoms with Crippen molar-refractivity contribution in [3.63, 3.8) is 0 Å². The van der Waals surface area contributed by atoms with E-state index in [1.807, 2.05) is 30.3 Å². The fraction of sp³-hybridized carbons (Fsp3) is 0.417. The smallest absolute Gasteiger partial charge is 0.221 e. The highest BCUT2D eigenvalue weighted by atomic mass is 35.5. The summed E-state index contributed by atoms with van der Waals surface area (Å²) in [5.74, 6) is 0.0475. The van der Waals surface area contributed by atoms with Crippen molar-refractivity contribution in [2.45, 2.75) is 19.3 Å². The Hall–Kier alpha value is -0.910. The number of nitrogens with one attached hydrogen (secondary N) is 1. The first kappa shape index (κ1) is 15.1. The van der Waals surface area contributed by atoms with Crippen molar-refractivity contribution in [1.82, 2.24) is 4.72 Å². The molecule has 1 aromatic rings. The number of sulfonamides is 1. The normalized spacial score (nSPS) is 11.4. The lowest BCUT2D eigenvalue weighted by atomic mass is 10.2. The summed E-state index contributed by atoms with van der Waals surface area (Å²) in [5.41, 5.74) is 0.985. The number of hydrogen-bond acceptors (Lipinski definition) is 3. The van der Waals surface area contributed by atoms with Gasteiger partial charge in [-0.2, -0.15) is 0 Å². The first-order valence-electron chi connectivity index (χ1n) is 5.69. The number of halogens is 1.